The van der Waals surface area contributed by atoms with Gasteiger partial charge in [0.25, 0.3) is 0 Å². The Bertz CT molecular complexity index is 171. The summed E-state index contributed by atoms with van der Waals surface area (Å²) in [5.41, 5.74) is 10.2. The molecule has 2 amide bonds. The van der Waals surface area contributed by atoms with Crippen molar-refractivity contribution >= 4 is 11.8 Å². The average molecular weight is 170 g/mol. The average Bonchev–Trinajstić information content (AvgIpc) is 1.88. The van der Waals surface area contributed by atoms with Gasteiger partial charge in [-0.1, -0.05) is 13.2 Å². The fraction of sp³-hybridized carbons (Fsp3) is 0.250. The van der Waals surface area contributed by atoms with Crippen LogP contribution in [-0.4, -0.2) is 11.8 Å². The van der Waals surface area contributed by atoms with E-state index in [1.165, 1.54) is 0 Å². The molecule has 0 saturated heterocycles. The van der Waals surface area contributed by atoms with Gasteiger partial charge in [-0.05, 0) is 13.8 Å². The number of rotatable bonds is 2. The van der Waals surface area contributed by atoms with Gasteiger partial charge >= 0.3 is 0 Å². The second kappa shape index (κ2) is 6.15. The van der Waals surface area contributed by atoms with Crippen LogP contribution in [-0.2, 0) is 9.59 Å². The molecule has 0 rings (SSSR count). The topological polar surface area (TPSA) is 86.2 Å². The third kappa shape index (κ3) is 11.2. The van der Waals surface area contributed by atoms with Gasteiger partial charge in [0, 0.05) is 11.1 Å². The van der Waals surface area contributed by atoms with Gasteiger partial charge in [0.05, 0.1) is 0 Å². The van der Waals surface area contributed by atoms with Crippen LogP contribution < -0.4 is 11.5 Å². The Morgan fingerprint density at radius 1 is 0.917 bits per heavy atom. The molecule has 12 heavy (non-hydrogen) atoms. The van der Waals surface area contributed by atoms with Crippen molar-refractivity contribution < 1.29 is 9.59 Å². The van der Waals surface area contributed by atoms with Crippen LogP contribution in [0.15, 0.2) is 24.3 Å². The highest BCUT2D eigenvalue weighted by atomic mass is 16.1. The molecule has 4 heteroatoms. The predicted octanol–water partition coefficient (Wildman–Crippen LogP) is 0.0956. The molecule has 0 bridgehead atoms. The molecule has 0 aliphatic rings. The van der Waals surface area contributed by atoms with Crippen molar-refractivity contribution in [2.24, 2.45) is 11.5 Å². The molecule has 0 heterocycles. The third-order valence-electron chi connectivity index (χ3n) is 0.841. The van der Waals surface area contributed by atoms with Crippen LogP contribution in [0.25, 0.3) is 0 Å². The molecule has 0 aliphatic heterocycles. The van der Waals surface area contributed by atoms with Crippen LogP contribution >= 0.6 is 0 Å². The molecule has 0 fully saturated rings. The zero-order valence-corrected chi connectivity index (χ0v) is 7.39. The Kier molecular flexibility index (Phi) is 6.69. The lowest BCUT2D eigenvalue weighted by Crippen LogP contribution is -2.10. The Labute approximate surface area is 71.9 Å². The molecule has 0 aliphatic carbocycles. The molecule has 4 N–H and O–H groups in total. The van der Waals surface area contributed by atoms with E-state index < -0.39 is 11.8 Å². The number of primary amides is 2. The first-order chi connectivity index (χ1) is 5.29. The van der Waals surface area contributed by atoms with Crippen LogP contribution in [0.5, 0.6) is 0 Å². The highest BCUT2D eigenvalue weighted by Crippen LogP contribution is 1.78. The first-order valence-electron chi connectivity index (χ1n) is 3.19. The summed E-state index contributed by atoms with van der Waals surface area (Å²) in [6.45, 7) is 9.70. The van der Waals surface area contributed by atoms with Crippen molar-refractivity contribution in [1.29, 1.82) is 0 Å². The minimum Gasteiger partial charge on any atom is -0.366 e. The van der Waals surface area contributed by atoms with Gasteiger partial charge in [-0.3, -0.25) is 9.59 Å². The van der Waals surface area contributed by atoms with E-state index in [4.69, 9.17) is 11.5 Å². The summed E-state index contributed by atoms with van der Waals surface area (Å²) >= 11 is 0. The highest BCUT2D eigenvalue weighted by molar-refractivity contribution is 5.90. The first-order valence-corrected chi connectivity index (χ1v) is 3.19. The third-order valence-corrected chi connectivity index (χ3v) is 0.841. The van der Waals surface area contributed by atoms with Crippen LogP contribution in [0.2, 0.25) is 0 Å². The fourth-order valence-corrected chi connectivity index (χ4v) is 0. The maximum atomic E-state index is 9.82. The first kappa shape index (κ1) is 13.0. The minimum absolute atomic E-state index is 0.398. The predicted molar refractivity (Wildman–Crippen MR) is 48.0 cm³/mol. The highest BCUT2D eigenvalue weighted by Gasteiger charge is 1.87. The number of hydrogen-bond donors (Lipinski definition) is 2. The van der Waals surface area contributed by atoms with Crippen LogP contribution in [0, 0.1) is 0 Å². The summed E-state index contributed by atoms with van der Waals surface area (Å²) in [5.74, 6) is -0.870. The van der Waals surface area contributed by atoms with Gasteiger partial charge in [0.15, 0.2) is 0 Å². The molecule has 0 radical (unpaired) electrons. The maximum absolute atomic E-state index is 9.82. The summed E-state index contributed by atoms with van der Waals surface area (Å²) in [7, 11) is 0. The Morgan fingerprint density at radius 3 is 1.00 bits per heavy atom. The summed E-state index contributed by atoms with van der Waals surface area (Å²) < 4.78 is 0. The lowest BCUT2D eigenvalue weighted by molar-refractivity contribution is -0.115. The number of amides is 2. The lowest BCUT2D eigenvalue weighted by atomic mass is 10.3. The molecule has 0 saturated carbocycles. The van der Waals surface area contributed by atoms with E-state index in [1.807, 2.05) is 0 Å². The Morgan fingerprint density at radius 2 is 1.00 bits per heavy atom. The molecule has 0 aromatic heterocycles. The molecular weight excluding hydrogens is 156 g/mol. The zero-order chi connectivity index (χ0) is 10.3. The van der Waals surface area contributed by atoms with E-state index in [9.17, 15) is 9.59 Å². The van der Waals surface area contributed by atoms with Crippen molar-refractivity contribution in [2.75, 3.05) is 0 Å². The van der Waals surface area contributed by atoms with Gasteiger partial charge in [-0.15, -0.1) is 0 Å². The van der Waals surface area contributed by atoms with E-state index in [0.29, 0.717) is 11.1 Å². The summed E-state index contributed by atoms with van der Waals surface area (Å²) in [6, 6.07) is 0. The molecule has 0 unspecified atom stereocenters. The summed E-state index contributed by atoms with van der Waals surface area (Å²) in [6.07, 6.45) is 0. The van der Waals surface area contributed by atoms with Gasteiger partial charge in [-0.25, -0.2) is 0 Å². The number of carbonyl (C=O) groups excluding carboxylic acids is 2. The van der Waals surface area contributed by atoms with Crippen molar-refractivity contribution in [2.45, 2.75) is 13.8 Å². The smallest absolute Gasteiger partial charge is 0.243 e. The second-order valence-electron chi connectivity index (χ2n) is 2.29. The standard InChI is InChI=1S/2C4H7NO/c2*1-3(2)4(5)6/h2*1H2,2H3,(H2,5,6). The van der Waals surface area contributed by atoms with Crippen LogP contribution in [0.1, 0.15) is 13.8 Å². The number of hydrogen-bond acceptors (Lipinski definition) is 2. The lowest BCUT2D eigenvalue weighted by Gasteiger charge is -1.81. The molecule has 68 valence electrons. The largest absolute Gasteiger partial charge is 0.366 e. The molecular formula is C8H14N2O2. The number of carbonyl (C=O) groups is 2. The number of nitrogens with two attached hydrogens (primary N) is 2. The fourth-order valence-electron chi connectivity index (χ4n) is 0. The molecule has 0 aromatic rings. The van der Waals surface area contributed by atoms with E-state index in [2.05, 4.69) is 13.2 Å². The van der Waals surface area contributed by atoms with Crippen LogP contribution in [0.3, 0.4) is 0 Å². The summed E-state index contributed by atoms with van der Waals surface area (Å²) in [5, 5.41) is 0. The van der Waals surface area contributed by atoms with Crippen molar-refractivity contribution in [3.05, 3.63) is 24.3 Å². The van der Waals surface area contributed by atoms with Crippen LogP contribution in [0.4, 0.5) is 0 Å². The maximum Gasteiger partial charge on any atom is 0.243 e. The van der Waals surface area contributed by atoms with Gasteiger partial charge in [0.2, 0.25) is 11.8 Å². The Hall–Kier alpha value is -1.58. The summed E-state index contributed by atoms with van der Waals surface area (Å²) in [4.78, 5) is 19.6. The van der Waals surface area contributed by atoms with E-state index in [0.717, 1.165) is 0 Å². The van der Waals surface area contributed by atoms with Crippen molar-refractivity contribution in [3.63, 3.8) is 0 Å². The van der Waals surface area contributed by atoms with Gasteiger partial charge < -0.3 is 11.5 Å². The van der Waals surface area contributed by atoms with E-state index in [1.54, 1.807) is 13.8 Å². The molecule has 0 atom stereocenters. The quantitative estimate of drug-likeness (QED) is 0.575. The van der Waals surface area contributed by atoms with E-state index >= 15 is 0 Å². The van der Waals surface area contributed by atoms with Crippen molar-refractivity contribution in [3.8, 4) is 0 Å². The molecule has 4 nitrogen and oxygen atoms in total. The van der Waals surface area contributed by atoms with Crippen molar-refractivity contribution in [1.82, 2.24) is 0 Å². The van der Waals surface area contributed by atoms with E-state index in [-0.39, 0.29) is 0 Å². The minimum atomic E-state index is -0.435. The molecule has 0 aromatic carbocycles. The monoisotopic (exact) mass is 170 g/mol. The Balaban J connectivity index is 0. The second-order valence-corrected chi connectivity index (χ2v) is 2.29. The van der Waals surface area contributed by atoms with Gasteiger partial charge in [0.1, 0.15) is 0 Å². The normalized spacial score (nSPS) is 7.50. The SMILES string of the molecule is C=C(C)C(N)=O.C=C(C)C(N)=O. The molecule has 0 spiro atoms. The van der Waals surface area contributed by atoms with Gasteiger partial charge in [-0.2, -0.15) is 0 Å². The zero-order valence-electron chi connectivity index (χ0n) is 7.39.